The van der Waals surface area contributed by atoms with E-state index in [-0.39, 0.29) is 13.2 Å². The Morgan fingerprint density at radius 3 is 2.39 bits per heavy atom. The first-order chi connectivity index (χ1) is 8.58. The maximum Gasteiger partial charge on any atom is 0.326 e. The zero-order valence-electron chi connectivity index (χ0n) is 9.73. The number of methoxy groups -OCH3 is 1. The summed E-state index contributed by atoms with van der Waals surface area (Å²) in [4.78, 5) is 23.7. The molecule has 0 bridgehead atoms. The molecule has 0 atom stereocenters. The minimum atomic E-state index is -1.23. The minimum Gasteiger partial charge on any atom is -0.468 e. The molecule has 0 aromatic heterocycles. The molecule has 0 aliphatic carbocycles. The summed E-state index contributed by atoms with van der Waals surface area (Å²) in [6, 6.07) is 6.62. The Kier molecular flexibility index (Phi) is 3.54. The van der Waals surface area contributed by atoms with Crippen molar-refractivity contribution < 1.29 is 19.1 Å². The highest BCUT2D eigenvalue weighted by Crippen LogP contribution is 2.30. The molecule has 1 aromatic rings. The Hall–Kier alpha value is -1.59. The van der Waals surface area contributed by atoms with Crippen LogP contribution in [0.1, 0.15) is 0 Å². The van der Waals surface area contributed by atoms with Crippen LogP contribution in [0.5, 0.6) is 0 Å². The fraction of sp³-hybridized carbons (Fsp3) is 0.333. The third-order valence-corrected chi connectivity index (χ3v) is 3.06. The van der Waals surface area contributed by atoms with Gasteiger partial charge in [-0.2, -0.15) is 0 Å². The second kappa shape index (κ2) is 4.96. The van der Waals surface area contributed by atoms with Gasteiger partial charge in [-0.3, -0.25) is 9.59 Å². The molecule has 0 radical (unpaired) electrons. The number of anilines is 1. The summed E-state index contributed by atoms with van der Waals surface area (Å²) < 4.78 is 9.59. The van der Waals surface area contributed by atoms with Crippen LogP contribution in [0, 0.1) is 5.41 Å². The van der Waals surface area contributed by atoms with Gasteiger partial charge in [-0.05, 0) is 24.3 Å². The van der Waals surface area contributed by atoms with E-state index < -0.39 is 17.3 Å². The topological polar surface area (TPSA) is 64.6 Å². The molecule has 0 unspecified atom stereocenters. The second-order valence-corrected chi connectivity index (χ2v) is 4.46. The lowest BCUT2D eigenvalue weighted by Crippen LogP contribution is -2.57. The van der Waals surface area contributed by atoms with Gasteiger partial charge in [0, 0.05) is 10.7 Å². The number of hydrogen-bond donors (Lipinski definition) is 1. The van der Waals surface area contributed by atoms with Crippen LogP contribution < -0.4 is 5.32 Å². The molecule has 1 N–H and O–H groups in total. The molecule has 1 aliphatic heterocycles. The van der Waals surface area contributed by atoms with E-state index in [1.807, 2.05) is 0 Å². The number of rotatable bonds is 3. The van der Waals surface area contributed by atoms with Crippen LogP contribution >= 0.6 is 11.6 Å². The average molecular weight is 270 g/mol. The van der Waals surface area contributed by atoms with Gasteiger partial charge in [-0.15, -0.1) is 0 Å². The molecule has 1 aliphatic rings. The number of hydrogen-bond acceptors (Lipinski definition) is 4. The van der Waals surface area contributed by atoms with Crippen molar-refractivity contribution in [3.63, 3.8) is 0 Å². The standard InChI is InChI=1S/C12H12ClNO4/c1-17-11(16)12(6-18-7-12)10(15)14-9-4-2-8(13)3-5-9/h2-5H,6-7H2,1H3,(H,14,15). The highest BCUT2D eigenvalue weighted by molar-refractivity contribution is 6.30. The molecule has 1 aromatic carbocycles. The molecular weight excluding hydrogens is 258 g/mol. The Balaban J connectivity index is 2.11. The molecule has 1 saturated heterocycles. The van der Waals surface area contributed by atoms with E-state index in [1.54, 1.807) is 24.3 Å². The van der Waals surface area contributed by atoms with Gasteiger partial charge in [0.2, 0.25) is 5.91 Å². The van der Waals surface area contributed by atoms with Gasteiger partial charge in [0.1, 0.15) is 0 Å². The van der Waals surface area contributed by atoms with E-state index in [1.165, 1.54) is 7.11 Å². The maximum atomic E-state index is 12.1. The third-order valence-electron chi connectivity index (χ3n) is 2.81. The third kappa shape index (κ3) is 2.19. The number of carbonyl (C=O) groups excluding carboxylic acids is 2. The van der Waals surface area contributed by atoms with Crippen LogP contribution in [0.3, 0.4) is 0 Å². The van der Waals surface area contributed by atoms with Crippen molar-refractivity contribution in [3.05, 3.63) is 29.3 Å². The summed E-state index contributed by atoms with van der Waals surface area (Å²) in [7, 11) is 1.25. The Labute approximate surface area is 109 Å². The number of nitrogens with one attached hydrogen (secondary N) is 1. The van der Waals surface area contributed by atoms with Crippen molar-refractivity contribution in [2.45, 2.75) is 0 Å². The fourth-order valence-corrected chi connectivity index (χ4v) is 1.75. The van der Waals surface area contributed by atoms with Crippen LogP contribution in [0.2, 0.25) is 5.02 Å². The Morgan fingerprint density at radius 2 is 1.94 bits per heavy atom. The normalized spacial score (nSPS) is 16.6. The largest absolute Gasteiger partial charge is 0.468 e. The first-order valence-electron chi connectivity index (χ1n) is 5.32. The van der Waals surface area contributed by atoms with E-state index in [2.05, 4.69) is 10.1 Å². The molecule has 96 valence electrons. The number of carbonyl (C=O) groups is 2. The molecule has 1 amide bonds. The molecule has 2 rings (SSSR count). The minimum absolute atomic E-state index is 0.0408. The second-order valence-electron chi connectivity index (χ2n) is 4.03. The molecular formula is C12H12ClNO4. The van der Waals surface area contributed by atoms with Gasteiger partial charge in [-0.25, -0.2) is 0 Å². The highest BCUT2D eigenvalue weighted by atomic mass is 35.5. The number of benzene rings is 1. The quantitative estimate of drug-likeness (QED) is 0.667. The summed E-state index contributed by atoms with van der Waals surface area (Å²) in [5.41, 5.74) is -0.659. The Morgan fingerprint density at radius 1 is 1.33 bits per heavy atom. The van der Waals surface area contributed by atoms with Crippen molar-refractivity contribution >= 4 is 29.2 Å². The van der Waals surface area contributed by atoms with E-state index in [0.29, 0.717) is 10.7 Å². The van der Waals surface area contributed by atoms with Crippen molar-refractivity contribution in [1.82, 2.24) is 0 Å². The predicted octanol–water partition coefficient (Wildman–Crippen LogP) is 1.47. The maximum absolute atomic E-state index is 12.1. The lowest BCUT2D eigenvalue weighted by atomic mass is 9.85. The zero-order valence-corrected chi connectivity index (χ0v) is 10.5. The summed E-state index contributed by atoms with van der Waals surface area (Å²) in [5, 5.41) is 3.22. The van der Waals surface area contributed by atoms with E-state index >= 15 is 0 Å². The fourth-order valence-electron chi connectivity index (χ4n) is 1.63. The lowest BCUT2D eigenvalue weighted by Gasteiger charge is -2.36. The van der Waals surface area contributed by atoms with Crippen molar-refractivity contribution in [3.8, 4) is 0 Å². The van der Waals surface area contributed by atoms with Crippen molar-refractivity contribution in [2.75, 3.05) is 25.6 Å². The molecule has 5 nitrogen and oxygen atoms in total. The highest BCUT2D eigenvalue weighted by Gasteiger charge is 2.54. The molecule has 1 heterocycles. The van der Waals surface area contributed by atoms with Gasteiger partial charge in [0.05, 0.1) is 20.3 Å². The molecule has 0 saturated carbocycles. The molecule has 6 heteroatoms. The summed E-state index contributed by atoms with van der Waals surface area (Å²) in [6.07, 6.45) is 0. The van der Waals surface area contributed by atoms with Crippen LogP contribution in [-0.4, -0.2) is 32.2 Å². The van der Waals surface area contributed by atoms with Gasteiger partial charge < -0.3 is 14.8 Å². The predicted molar refractivity (Wildman–Crippen MR) is 65.3 cm³/mol. The lowest BCUT2D eigenvalue weighted by molar-refractivity contribution is -0.185. The number of amides is 1. The monoisotopic (exact) mass is 269 g/mol. The first-order valence-corrected chi connectivity index (χ1v) is 5.69. The molecule has 0 spiro atoms. The number of halogens is 1. The van der Waals surface area contributed by atoms with Crippen molar-refractivity contribution in [1.29, 1.82) is 0 Å². The van der Waals surface area contributed by atoms with Crippen LogP contribution in [0.25, 0.3) is 0 Å². The number of esters is 1. The van der Waals surface area contributed by atoms with Gasteiger partial charge in [0.15, 0.2) is 5.41 Å². The van der Waals surface area contributed by atoms with Crippen LogP contribution in [0.4, 0.5) is 5.69 Å². The van der Waals surface area contributed by atoms with Gasteiger partial charge in [0.25, 0.3) is 0 Å². The smallest absolute Gasteiger partial charge is 0.326 e. The molecule has 18 heavy (non-hydrogen) atoms. The van der Waals surface area contributed by atoms with Crippen molar-refractivity contribution in [2.24, 2.45) is 5.41 Å². The van der Waals surface area contributed by atoms with Crippen LogP contribution in [-0.2, 0) is 19.1 Å². The summed E-state index contributed by atoms with van der Waals surface area (Å²) in [6.45, 7) is 0.0815. The van der Waals surface area contributed by atoms with Gasteiger partial charge in [-0.1, -0.05) is 11.6 Å². The van der Waals surface area contributed by atoms with Gasteiger partial charge >= 0.3 is 5.97 Å². The number of ether oxygens (including phenoxy) is 2. The average Bonchev–Trinajstić information content (AvgIpc) is 2.30. The zero-order chi connectivity index (χ0) is 13.2. The first kappa shape index (κ1) is 12.9. The van der Waals surface area contributed by atoms with E-state index in [9.17, 15) is 9.59 Å². The van der Waals surface area contributed by atoms with Crippen LogP contribution in [0.15, 0.2) is 24.3 Å². The van der Waals surface area contributed by atoms with E-state index in [0.717, 1.165) is 0 Å². The summed E-state index contributed by atoms with van der Waals surface area (Å²) >= 11 is 5.74. The Bertz CT molecular complexity index is 467. The molecule has 1 fully saturated rings. The van der Waals surface area contributed by atoms with E-state index in [4.69, 9.17) is 16.3 Å². The SMILES string of the molecule is COC(=O)C1(C(=O)Nc2ccc(Cl)cc2)COC1. The summed E-state index contributed by atoms with van der Waals surface area (Å²) in [5.74, 6) is -1.01.